The van der Waals surface area contributed by atoms with Crippen LogP contribution in [0.15, 0.2) is 104 Å². The summed E-state index contributed by atoms with van der Waals surface area (Å²) in [6.45, 7) is 1.99. The summed E-state index contributed by atoms with van der Waals surface area (Å²) in [7, 11) is 0. The molecule has 0 radical (unpaired) electrons. The van der Waals surface area contributed by atoms with Crippen LogP contribution in [0.5, 0.6) is 0 Å². The zero-order valence-corrected chi connectivity index (χ0v) is 17.3. The Kier molecular flexibility index (Phi) is 6.13. The molecule has 1 atom stereocenters. The van der Waals surface area contributed by atoms with Crippen LogP contribution in [0.4, 0.5) is 0 Å². The second-order valence-corrected chi connectivity index (χ2v) is 7.18. The van der Waals surface area contributed by atoms with E-state index in [9.17, 15) is 4.79 Å². The lowest BCUT2D eigenvalue weighted by atomic mass is 9.81. The number of rotatable bonds is 7. The number of hydrogen-bond acceptors (Lipinski definition) is 5. The summed E-state index contributed by atoms with van der Waals surface area (Å²) in [6, 6.07) is 21.0. The molecule has 4 rings (SSSR count). The summed E-state index contributed by atoms with van der Waals surface area (Å²) in [4.78, 5) is 26.1. The van der Waals surface area contributed by atoms with Gasteiger partial charge in [-0.15, -0.1) is 0 Å². The minimum absolute atomic E-state index is 0.292. The average Bonchev–Trinajstić information content (AvgIpc) is 2.85. The maximum atomic E-state index is 13.6. The molecule has 0 aliphatic heterocycles. The van der Waals surface area contributed by atoms with Crippen LogP contribution in [0.3, 0.4) is 0 Å². The van der Waals surface area contributed by atoms with E-state index in [2.05, 4.69) is 15.0 Å². The van der Waals surface area contributed by atoms with E-state index in [0.29, 0.717) is 6.42 Å². The zero-order valence-electron chi connectivity index (χ0n) is 17.3. The number of hydrogen-bond donors (Lipinski definition) is 0. The fraction of sp³-hybridized carbons (Fsp3) is 0.154. The summed E-state index contributed by atoms with van der Waals surface area (Å²) in [5, 5.41) is 0. The molecule has 0 amide bonds. The van der Waals surface area contributed by atoms with Gasteiger partial charge in [-0.3, -0.25) is 19.7 Å². The molecule has 3 aromatic heterocycles. The topological polar surface area (TPSA) is 65.0 Å². The molecule has 0 aliphatic rings. The van der Waals surface area contributed by atoms with Gasteiger partial charge in [0, 0.05) is 53.9 Å². The van der Waals surface area contributed by atoms with Gasteiger partial charge in [-0.1, -0.05) is 37.3 Å². The lowest BCUT2D eigenvalue weighted by Crippen LogP contribution is -2.37. The van der Waals surface area contributed by atoms with E-state index in [1.165, 1.54) is 0 Å². The molecule has 0 saturated heterocycles. The molecule has 0 aliphatic carbocycles. The van der Waals surface area contributed by atoms with Crippen molar-refractivity contribution >= 4 is 5.97 Å². The van der Waals surface area contributed by atoms with E-state index in [1.54, 1.807) is 37.2 Å². The van der Waals surface area contributed by atoms with Gasteiger partial charge >= 0.3 is 5.97 Å². The Bertz CT molecular complexity index is 1010. The van der Waals surface area contributed by atoms with Gasteiger partial charge < -0.3 is 4.74 Å². The van der Waals surface area contributed by atoms with Crippen LogP contribution in [-0.2, 0) is 15.1 Å². The molecule has 0 unspecified atom stereocenters. The first-order chi connectivity index (χ1) is 15.3. The van der Waals surface area contributed by atoms with Crippen molar-refractivity contribution in [1.29, 1.82) is 0 Å². The van der Waals surface area contributed by atoms with Crippen molar-refractivity contribution in [3.8, 4) is 0 Å². The Morgan fingerprint density at radius 3 is 1.55 bits per heavy atom. The quantitative estimate of drug-likeness (QED) is 0.406. The predicted octanol–water partition coefficient (Wildman–Crippen LogP) is 4.90. The van der Waals surface area contributed by atoms with Crippen molar-refractivity contribution in [1.82, 2.24) is 15.0 Å². The van der Waals surface area contributed by atoms with Crippen molar-refractivity contribution in [2.45, 2.75) is 24.9 Å². The van der Waals surface area contributed by atoms with E-state index >= 15 is 0 Å². The van der Waals surface area contributed by atoms with Gasteiger partial charge in [0.05, 0.1) is 5.92 Å². The first kappa shape index (κ1) is 20.4. The molecule has 5 nitrogen and oxygen atoms in total. The Morgan fingerprint density at radius 2 is 1.16 bits per heavy atom. The lowest BCUT2D eigenvalue weighted by molar-refractivity contribution is -0.155. The fourth-order valence-electron chi connectivity index (χ4n) is 3.88. The van der Waals surface area contributed by atoms with Crippen LogP contribution in [0.1, 0.15) is 41.5 Å². The highest BCUT2D eigenvalue weighted by Crippen LogP contribution is 2.41. The second-order valence-electron chi connectivity index (χ2n) is 7.18. The Balaban J connectivity index is 1.89. The molecular formula is C26H23N3O2. The number of esters is 1. The Hall–Kier alpha value is -3.86. The highest BCUT2D eigenvalue weighted by atomic mass is 16.6. The van der Waals surface area contributed by atoms with E-state index < -0.39 is 5.60 Å². The molecular weight excluding hydrogens is 386 g/mol. The molecule has 0 bridgehead atoms. The second kappa shape index (κ2) is 9.30. The lowest BCUT2D eigenvalue weighted by Gasteiger charge is -2.36. The predicted molar refractivity (Wildman–Crippen MR) is 118 cm³/mol. The maximum absolute atomic E-state index is 13.6. The Morgan fingerprint density at radius 1 is 0.742 bits per heavy atom. The maximum Gasteiger partial charge on any atom is 0.314 e. The third-order valence-corrected chi connectivity index (χ3v) is 5.41. The van der Waals surface area contributed by atoms with Crippen LogP contribution >= 0.6 is 0 Å². The van der Waals surface area contributed by atoms with Crippen LogP contribution in [-0.4, -0.2) is 20.9 Å². The number of benzene rings is 1. The Labute approximate surface area is 181 Å². The first-order valence-corrected chi connectivity index (χ1v) is 10.2. The van der Waals surface area contributed by atoms with Crippen molar-refractivity contribution in [3.63, 3.8) is 0 Å². The largest absolute Gasteiger partial charge is 0.444 e. The fourth-order valence-corrected chi connectivity index (χ4v) is 3.88. The van der Waals surface area contributed by atoms with Crippen LogP contribution < -0.4 is 0 Å². The van der Waals surface area contributed by atoms with Crippen molar-refractivity contribution in [2.24, 2.45) is 0 Å². The average molecular weight is 409 g/mol. The smallest absolute Gasteiger partial charge is 0.314 e. The molecule has 4 aromatic rings. The van der Waals surface area contributed by atoms with Gasteiger partial charge in [-0.2, -0.15) is 0 Å². The minimum Gasteiger partial charge on any atom is -0.444 e. The van der Waals surface area contributed by atoms with Gasteiger partial charge in [0.15, 0.2) is 5.60 Å². The summed E-state index contributed by atoms with van der Waals surface area (Å²) in [5.41, 5.74) is 2.18. The third kappa shape index (κ3) is 4.08. The molecule has 1 aromatic carbocycles. The SMILES string of the molecule is CC[C@H](C(=O)OC(c1ccncc1)(c1ccncc1)c1ccncc1)c1ccccc1. The molecule has 0 fully saturated rings. The summed E-state index contributed by atoms with van der Waals surface area (Å²) in [5.74, 6) is -0.676. The summed E-state index contributed by atoms with van der Waals surface area (Å²) < 4.78 is 6.48. The number of aromatic nitrogens is 3. The molecule has 0 spiro atoms. The van der Waals surface area contributed by atoms with Crippen LogP contribution in [0.2, 0.25) is 0 Å². The first-order valence-electron chi connectivity index (χ1n) is 10.2. The number of nitrogens with zero attached hydrogens (tertiary/aromatic N) is 3. The highest BCUT2D eigenvalue weighted by Gasteiger charge is 2.42. The molecule has 154 valence electrons. The molecule has 31 heavy (non-hydrogen) atoms. The molecule has 5 heteroatoms. The normalized spacial score (nSPS) is 12.2. The van der Waals surface area contributed by atoms with Gasteiger partial charge in [0.2, 0.25) is 0 Å². The number of carbonyl (C=O) groups is 1. The molecule has 3 heterocycles. The van der Waals surface area contributed by atoms with Gasteiger partial charge in [-0.25, -0.2) is 0 Å². The van der Waals surface area contributed by atoms with Crippen molar-refractivity contribution in [2.75, 3.05) is 0 Å². The summed E-state index contributed by atoms with van der Waals surface area (Å²) in [6.07, 6.45) is 10.8. The number of pyridine rings is 3. The van der Waals surface area contributed by atoms with E-state index in [1.807, 2.05) is 73.7 Å². The standard InChI is InChI=1S/C26H23N3O2/c1-2-24(20-6-4-3-5-7-20)25(30)31-26(21-8-14-27-15-9-21,22-10-16-28-17-11-22)23-12-18-29-19-13-23/h3-19,24H,2H2,1H3/t24-/m0/s1. The van der Waals surface area contributed by atoms with Crippen LogP contribution in [0, 0.1) is 0 Å². The molecule has 0 saturated carbocycles. The third-order valence-electron chi connectivity index (χ3n) is 5.41. The van der Waals surface area contributed by atoms with Crippen molar-refractivity contribution < 1.29 is 9.53 Å². The summed E-state index contributed by atoms with van der Waals surface area (Å²) >= 11 is 0. The highest BCUT2D eigenvalue weighted by molar-refractivity contribution is 5.79. The van der Waals surface area contributed by atoms with Crippen LogP contribution in [0.25, 0.3) is 0 Å². The van der Waals surface area contributed by atoms with E-state index in [0.717, 1.165) is 22.3 Å². The van der Waals surface area contributed by atoms with E-state index in [-0.39, 0.29) is 11.9 Å². The van der Waals surface area contributed by atoms with Gasteiger partial charge in [0.25, 0.3) is 0 Å². The zero-order chi connectivity index (χ0) is 21.5. The van der Waals surface area contributed by atoms with Crippen molar-refractivity contribution in [3.05, 3.63) is 126 Å². The number of carbonyl (C=O) groups excluding carboxylic acids is 1. The monoisotopic (exact) mass is 409 g/mol. The minimum atomic E-state index is -1.16. The van der Waals surface area contributed by atoms with E-state index in [4.69, 9.17) is 4.74 Å². The number of ether oxygens (including phenoxy) is 1. The van der Waals surface area contributed by atoms with Gasteiger partial charge in [0.1, 0.15) is 0 Å². The van der Waals surface area contributed by atoms with Gasteiger partial charge in [-0.05, 0) is 48.4 Å². The molecule has 0 N–H and O–H groups in total.